The lowest BCUT2D eigenvalue weighted by Crippen LogP contribution is -2.37. The van der Waals surface area contributed by atoms with E-state index in [-0.39, 0.29) is 17.7 Å². The second-order valence-corrected chi connectivity index (χ2v) is 5.48. The molecule has 104 valence electrons. The first kappa shape index (κ1) is 15.0. The molecular weight excluding hydrogens is 230 g/mol. The quantitative estimate of drug-likeness (QED) is 0.631. The Labute approximate surface area is 109 Å². The molecule has 1 fully saturated rings. The molecule has 3 N–H and O–H groups in total. The third-order valence-electron chi connectivity index (χ3n) is 3.21. The van der Waals surface area contributed by atoms with Gasteiger partial charge in [-0.05, 0) is 18.4 Å². The van der Waals surface area contributed by atoms with Crippen molar-refractivity contribution in [3.63, 3.8) is 0 Å². The van der Waals surface area contributed by atoms with Gasteiger partial charge in [0.2, 0.25) is 11.8 Å². The van der Waals surface area contributed by atoms with E-state index in [1.54, 1.807) is 0 Å². The molecule has 0 aromatic carbocycles. The summed E-state index contributed by atoms with van der Waals surface area (Å²) in [6.07, 6.45) is 0.354. The van der Waals surface area contributed by atoms with Crippen molar-refractivity contribution in [2.45, 2.75) is 27.2 Å². The Kier molecular flexibility index (Phi) is 6.12. The van der Waals surface area contributed by atoms with Crippen molar-refractivity contribution in [1.29, 1.82) is 0 Å². The lowest BCUT2D eigenvalue weighted by molar-refractivity contribution is -0.125. The first-order valence-electron chi connectivity index (χ1n) is 6.75. The average molecular weight is 255 g/mol. The molecule has 2 atom stereocenters. The number of hydrogen-bond acceptors (Lipinski definition) is 3. The summed E-state index contributed by atoms with van der Waals surface area (Å²) in [5.41, 5.74) is 0. The van der Waals surface area contributed by atoms with E-state index < -0.39 is 0 Å². The topological polar surface area (TPSA) is 70.2 Å². The predicted molar refractivity (Wildman–Crippen MR) is 71.0 cm³/mol. The fraction of sp³-hybridized carbons (Fsp3) is 0.846. The lowest BCUT2D eigenvalue weighted by Gasteiger charge is -2.14. The van der Waals surface area contributed by atoms with Crippen LogP contribution in [0.25, 0.3) is 0 Å². The molecule has 1 saturated heterocycles. The zero-order chi connectivity index (χ0) is 13.5. The van der Waals surface area contributed by atoms with Gasteiger partial charge in [0.1, 0.15) is 0 Å². The Hall–Kier alpha value is -1.10. The number of hydrogen-bond donors (Lipinski definition) is 3. The molecule has 1 rings (SSSR count). The molecule has 0 radical (unpaired) electrons. The summed E-state index contributed by atoms with van der Waals surface area (Å²) in [5.74, 6) is 0.934. The van der Waals surface area contributed by atoms with E-state index in [2.05, 4.69) is 36.7 Å². The molecule has 18 heavy (non-hydrogen) atoms. The number of rotatable bonds is 6. The smallest absolute Gasteiger partial charge is 0.224 e. The highest BCUT2D eigenvalue weighted by Gasteiger charge is 2.29. The van der Waals surface area contributed by atoms with Gasteiger partial charge in [-0.25, -0.2) is 0 Å². The molecule has 0 spiro atoms. The third-order valence-corrected chi connectivity index (χ3v) is 3.21. The Bertz CT molecular complexity index is 292. The molecular formula is C13H25N3O2. The summed E-state index contributed by atoms with van der Waals surface area (Å²) in [4.78, 5) is 23.3. The second kappa shape index (κ2) is 7.36. The maximum atomic E-state index is 11.8. The summed E-state index contributed by atoms with van der Waals surface area (Å²) < 4.78 is 0. The molecule has 5 heteroatoms. The third kappa shape index (κ3) is 5.04. The highest BCUT2D eigenvalue weighted by Crippen LogP contribution is 2.15. The Balaban J connectivity index is 2.13. The van der Waals surface area contributed by atoms with Crippen molar-refractivity contribution < 1.29 is 9.59 Å². The number of amides is 2. The minimum Gasteiger partial charge on any atom is -0.356 e. The minimum atomic E-state index is 0.00148. The van der Waals surface area contributed by atoms with Crippen LogP contribution in [-0.4, -0.2) is 38.0 Å². The standard InChI is InChI=1S/C13H25N3O2/c1-9(2)6-16-12(17)4-5-15-13(18)11-8-14-7-10(11)3/h9-11,14H,4-8H2,1-3H3,(H,15,18)(H,16,17). The van der Waals surface area contributed by atoms with Gasteiger partial charge in [0.15, 0.2) is 0 Å². The van der Waals surface area contributed by atoms with E-state index in [0.29, 0.717) is 31.3 Å². The first-order chi connectivity index (χ1) is 8.50. The maximum Gasteiger partial charge on any atom is 0.224 e. The molecule has 5 nitrogen and oxygen atoms in total. The van der Waals surface area contributed by atoms with Gasteiger partial charge >= 0.3 is 0 Å². The summed E-state index contributed by atoms with van der Waals surface area (Å²) >= 11 is 0. The van der Waals surface area contributed by atoms with Crippen molar-refractivity contribution in [2.24, 2.45) is 17.8 Å². The monoisotopic (exact) mass is 255 g/mol. The Morgan fingerprint density at radius 2 is 2.00 bits per heavy atom. The van der Waals surface area contributed by atoms with E-state index in [4.69, 9.17) is 0 Å². The average Bonchev–Trinajstić information content (AvgIpc) is 2.72. The van der Waals surface area contributed by atoms with E-state index in [0.717, 1.165) is 13.1 Å². The van der Waals surface area contributed by atoms with Crippen molar-refractivity contribution >= 4 is 11.8 Å². The summed E-state index contributed by atoms with van der Waals surface area (Å²) in [6.45, 7) is 8.93. The number of carbonyl (C=O) groups excluding carboxylic acids is 2. The largest absolute Gasteiger partial charge is 0.356 e. The van der Waals surface area contributed by atoms with Crippen LogP contribution >= 0.6 is 0 Å². The lowest BCUT2D eigenvalue weighted by atomic mass is 9.97. The highest BCUT2D eigenvalue weighted by molar-refractivity contribution is 5.81. The van der Waals surface area contributed by atoms with Crippen molar-refractivity contribution in [3.05, 3.63) is 0 Å². The van der Waals surface area contributed by atoms with Crippen LogP contribution in [0.3, 0.4) is 0 Å². The maximum absolute atomic E-state index is 11.8. The second-order valence-electron chi connectivity index (χ2n) is 5.48. The van der Waals surface area contributed by atoms with Crippen molar-refractivity contribution in [1.82, 2.24) is 16.0 Å². The molecule has 1 aliphatic rings. The molecule has 0 aliphatic carbocycles. The molecule has 0 aromatic heterocycles. The van der Waals surface area contributed by atoms with E-state index in [9.17, 15) is 9.59 Å². The molecule has 1 heterocycles. The van der Waals surface area contributed by atoms with Crippen LogP contribution in [0.15, 0.2) is 0 Å². The van der Waals surface area contributed by atoms with Crippen LogP contribution in [0.5, 0.6) is 0 Å². The van der Waals surface area contributed by atoms with Gasteiger partial charge in [-0.1, -0.05) is 20.8 Å². The van der Waals surface area contributed by atoms with Crippen LogP contribution in [0, 0.1) is 17.8 Å². The SMILES string of the molecule is CC(C)CNC(=O)CCNC(=O)C1CNCC1C. The van der Waals surface area contributed by atoms with Gasteiger partial charge in [0.05, 0.1) is 5.92 Å². The predicted octanol–water partition coefficient (Wildman–Crippen LogP) is 0.120. The van der Waals surface area contributed by atoms with Gasteiger partial charge in [0.25, 0.3) is 0 Å². The van der Waals surface area contributed by atoms with Crippen LogP contribution in [0.1, 0.15) is 27.2 Å². The summed E-state index contributed by atoms with van der Waals surface area (Å²) in [5, 5.41) is 8.86. The molecule has 0 saturated carbocycles. The fourth-order valence-electron chi connectivity index (χ4n) is 2.00. The molecule has 0 bridgehead atoms. The van der Waals surface area contributed by atoms with Crippen LogP contribution in [0.2, 0.25) is 0 Å². The van der Waals surface area contributed by atoms with Gasteiger partial charge < -0.3 is 16.0 Å². The summed E-state index contributed by atoms with van der Waals surface area (Å²) in [6, 6.07) is 0. The zero-order valence-electron chi connectivity index (χ0n) is 11.6. The van der Waals surface area contributed by atoms with Crippen LogP contribution in [-0.2, 0) is 9.59 Å². The van der Waals surface area contributed by atoms with Crippen LogP contribution < -0.4 is 16.0 Å². The first-order valence-corrected chi connectivity index (χ1v) is 6.75. The molecule has 0 aromatic rings. The normalized spacial score (nSPS) is 23.1. The van der Waals surface area contributed by atoms with Gasteiger partial charge in [0, 0.05) is 26.1 Å². The number of nitrogens with one attached hydrogen (secondary N) is 3. The summed E-state index contributed by atoms with van der Waals surface area (Å²) in [7, 11) is 0. The van der Waals surface area contributed by atoms with Gasteiger partial charge in [-0.2, -0.15) is 0 Å². The van der Waals surface area contributed by atoms with Crippen molar-refractivity contribution in [2.75, 3.05) is 26.2 Å². The highest BCUT2D eigenvalue weighted by atomic mass is 16.2. The van der Waals surface area contributed by atoms with Gasteiger partial charge in [-0.15, -0.1) is 0 Å². The molecule has 2 amide bonds. The zero-order valence-corrected chi connectivity index (χ0v) is 11.6. The van der Waals surface area contributed by atoms with E-state index >= 15 is 0 Å². The van der Waals surface area contributed by atoms with Crippen molar-refractivity contribution in [3.8, 4) is 0 Å². The van der Waals surface area contributed by atoms with Gasteiger partial charge in [-0.3, -0.25) is 9.59 Å². The molecule has 1 aliphatic heterocycles. The fourth-order valence-corrected chi connectivity index (χ4v) is 2.00. The number of carbonyl (C=O) groups is 2. The molecule has 2 unspecified atom stereocenters. The van der Waals surface area contributed by atoms with E-state index in [1.807, 2.05) is 0 Å². The Morgan fingerprint density at radius 1 is 1.28 bits per heavy atom. The van der Waals surface area contributed by atoms with E-state index in [1.165, 1.54) is 0 Å². The van der Waals surface area contributed by atoms with Crippen LogP contribution in [0.4, 0.5) is 0 Å². The minimum absolute atomic E-state index is 0.00148. The Morgan fingerprint density at radius 3 is 2.56 bits per heavy atom.